The first-order valence-electron chi connectivity index (χ1n) is 16.5. The maximum Gasteiger partial charge on any atom is 0.333 e. The molecule has 1 amide bonds. The molecular weight excluding hydrogens is 637 g/mol. The number of carboxylic acid groups (broad SMARTS) is 1. The van der Waals surface area contributed by atoms with Crippen molar-refractivity contribution in [2.75, 3.05) is 44.2 Å². The number of para-hydroxylation sites is 1. The second kappa shape index (κ2) is 15.5. The third kappa shape index (κ3) is 8.54. The minimum absolute atomic E-state index is 0.0479. The number of hydrogen-bond acceptors (Lipinski definition) is 7. The summed E-state index contributed by atoms with van der Waals surface area (Å²) in [5, 5.41) is 21.6. The minimum Gasteiger partial charge on any atom is -0.478 e. The number of anilines is 1. The van der Waals surface area contributed by atoms with Crippen LogP contribution in [0.15, 0.2) is 93.7 Å². The summed E-state index contributed by atoms with van der Waals surface area (Å²) >= 11 is 3.36. The first-order chi connectivity index (χ1) is 23.0. The molecule has 3 aromatic rings. The van der Waals surface area contributed by atoms with E-state index in [2.05, 4.69) is 47.2 Å². The molecule has 0 atom stereocenters. The van der Waals surface area contributed by atoms with E-state index in [1.54, 1.807) is 29.6 Å². The first kappa shape index (κ1) is 35.3. The van der Waals surface area contributed by atoms with Crippen LogP contribution in [0, 0.1) is 11.3 Å². The molecule has 9 heteroatoms. The smallest absolute Gasteiger partial charge is 0.333 e. The van der Waals surface area contributed by atoms with Gasteiger partial charge in [0.2, 0.25) is 5.91 Å². The van der Waals surface area contributed by atoms with Crippen molar-refractivity contribution >= 4 is 53.2 Å². The summed E-state index contributed by atoms with van der Waals surface area (Å²) in [6.45, 7) is 13.8. The zero-order valence-corrected chi connectivity index (χ0v) is 29.8. The first-order valence-corrected chi connectivity index (χ1v) is 18.1. The van der Waals surface area contributed by atoms with Crippen LogP contribution in [-0.4, -0.2) is 70.6 Å². The summed E-state index contributed by atoms with van der Waals surface area (Å²) in [6, 6.07) is 26.3. The van der Waals surface area contributed by atoms with Crippen molar-refractivity contribution in [3.63, 3.8) is 0 Å². The van der Waals surface area contributed by atoms with Crippen molar-refractivity contribution in [2.45, 2.75) is 59.8 Å². The molecule has 0 aliphatic carbocycles. The largest absolute Gasteiger partial charge is 0.478 e. The van der Waals surface area contributed by atoms with Crippen LogP contribution in [0.1, 0.15) is 57.2 Å². The lowest BCUT2D eigenvalue weighted by Crippen LogP contribution is -2.47. The average molecular weight is 681 g/mol. The number of carboxylic acids is 1. The van der Waals surface area contributed by atoms with E-state index in [0.29, 0.717) is 12.1 Å². The Morgan fingerprint density at radius 1 is 0.792 bits per heavy atom. The van der Waals surface area contributed by atoms with Crippen molar-refractivity contribution in [1.82, 2.24) is 10.2 Å². The molecule has 0 spiro atoms. The van der Waals surface area contributed by atoms with Crippen LogP contribution in [0.25, 0.3) is 12.2 Å². The molecule has 3 aliphatic rings. The molecule has 7 nitrogen and oxygen atoms in total. The van der Waals surface area contributed by atoms with Gasteiger partial charge in [0.1, 0.15) is 6.07 Å². The molecule has 3 aliphatic heterocycles. The zero-order valence-electron chi connectivity index (χ0n) is 28.2. The number of thioether (sulfide) groups is 2. The molecule has 1 saturated heterocycles. The Bertz CT molecular complexity index is 1750. The van der Waals surface area contributed by atoms with Gasteiger partial charge in [-0.3, -0.25) is 9.69 Å². The number of hydrogen-bond donors (Lipinski definition) is 2. The molecule has 0 unspecified atom stereocenters. The lowest BCUT2D eigenvalue weighted by molar-refractivity contribution is -0.132. The molecule has 2 N–H and O–H groups in total. The van der Waals surface area contributed by atoms with Gasteiger partial charge in [0, 0.05) is 57.6 Å². The zero-order chi connectivity index (χ0) is 34.3. The van der Waals surface area contributed by atoms with E-state index in [1.165, 1.54) is 4.90 Å². The summed E-state index contributed by atoms with van der Waals surface area (Å²) in [7, 11) is 0. The van der Waals surface area contributed by atoms with Gasteiger partial charge in [0.25, 0.3) is 0 Å². The van der Waals surface area contributed by atoms with Crippen LogP contribution in [0.5, 0.6) is 0 Å². The minimum atomic E-state index is -0.831. The van der Waals surface area contributed by atoms with Crippen LogP contribution < -0.4 is 10.2 Å². The van der Waals surface area contributed by atoms with Crippen molar-refractivity contribution in [3.8, 4) is 6.07 Å². The van der Waals surface area contributed by atoms with Gasteiger partial charge in [0.05, 0.1) is 16.8 Å². The molecule has 0 radical (unpaired) electrons. The fourth-order valence-electron chi connectivity index (χ4n) is 6.18. The summed E-state index contributed by atoms with van der Waals surface area (Å²) in [5.74, 6) is -0.784. The van der Waals surface area contributed by atoms with Crippen LogP contribution >= 0.6 is 23.5 Å². The van der Waals surface area contributed by atoms with Crippen molar-refractivity contribution < 1.29 is 14.7 Å². The topological polar surface area (TPSA) is 96.7 Å². The molecule has 3 heterocycles. The van der Waals surface area contributed by atoms with Crippen LogP contribution in [0.3, 0.4) is 0 Å². The second-order valence-electron chi connectivity index (χ2n) is 13.1. The van der Waals surface area contributed by atoms with Gasteiger partial charge in [-0.2, -0.15) is 5.26 Å². The van der Waals surface area contributed by atoms with Crippen molar-refractivity contribution in [1.29, 1.82) is 5.26 Å². The SMILES string of the molecule is CC1(C)Sc2ccccc2C=C1C(=O)NCCCCN1CCN(c2ccccc2C#N)CC1.CC1(C)Sc2ccccc2C=C1C(=O)O. The number of piperazine rings is 1. The third-order valence-corrected chi connectivity index (χ3v) is 11.5. The molecule has 3 aromatic carbocycles. The van der Waals surface area contributed by atoms with Gasteiger partial charge in [0.15, 0.2) is 0 Å². The molecule has 48 heavy (non-hydrogen) atoms. The molecule has 6 rings (SSSR count). The number of nitrogens with zero attached hydrogens (tertiary/aromatic N) is 3. The van der Waals surface area contributed by atoms with Gasteiger partial charge in [-0.1, -0.05) is 48.5 Å². The maximum atomic E-state index is 12.9. The molecule has 250 valence electrons. The number of aliphatic carboxylic acids is 1. The van der Waals surface area contributed by atoms with E-state index in [9.17, 15) is 14.9 Å². The number of benzene rings is 3. The molecular formula is C39H44N4O3S2. The van der Waals surface area contributed by atoms with Gasteiger partial charge >= 0.3 is 5.97 Å². The fraction of sp³-hybridized carbons (Fsp3) is 0.359. The highest BCUT2D eigenvalue weighted by Gasteiger charge is 2.34. The summed E-state index contributed by atoms with van der Waals surface area (Å²) in [6.07, 6.45) is 5.86. The summed E-state index contributed by atoms with van der Waals surface area (Å²) in [5.41, 5.74) is 5.23. The van der Waals surface area contributed by atoms with Gasteiger partial charge < -0.3 is 15.3 Å². The van der Waals surface area contributed by atoms with E-state index >= 15 is 0 Å². The Hall–Kier alpha value is -3.97. The monoisotopic (exact) mass is 680 g/mol. The predicted octanol–water partition coefficient (Wildman–Crippen LogP) is 7.58. The lowest BCUT2D eigenvalue weighted by Gasteiger charge is -2.36. The van der Waals surface area contributed by atoms with Crippen molar-refractivity contribution in [3.05, 3.63) is 101 Å². The van der Waals surface area contributed by atoms with Gasteiger partial charge in [-0.05, 0) is 94.6 Å². The number of carbonyl (C=O) groups excluding carboxylic acids is 1. The fourth-order valence-corrected chi connectivity index (χ4v) is 8.58. The summed E-state index contributed by atoms with van der Waals surface area (Å²) < 4.78 is -0.595. The maximum absolute atomic E-state index is 12.9. The van der Waals surface area contributed by atoms with E-state index < -0.39 is 5.97 Å². The molecule has 1 fully saturated rings. The summed E-state index contributed by atoms with van der Waals surface area (Å²) in [4.78, 5) is 31.1. The number of nitriles is 1. The van der Waals surface area contributed by atoms with Gasteiger partial charge in [-0.25, -0.2) is 4.79 Å². The Morgan fingerprint density at radius 2 is 1.33 bits per heavy atom. The number of fused-ring (bicyclic) bond motifs is 2. The second-order valence-corrected chi connectivity index (χ2v) is 16.5. The van der Waals surface area contributed by atoms with Crippen LogP contribution in [0.2, 0.25) is 0 Å². The number of carbonyl (C=O) groups is 2. The Kier molecular flexibility index (Phi) is 11.4. The average Bonchev–Trinajstić information content (AvgIpc) is 3.07. The van der Waals surface area contributed by atoms with E-state index in [4.69, 9.17) is 5.11 Å². The number of amides is 1. The number of nitrogens with one attached hydrogen (secondary N) is 1. The Morgan fingerprint density at radius 3 is 1.94 bits per heavy atom. The highest BCUT2D eigenvalue weighted by Crippen LogP contribution is 2.46. The van der Waals surface area contributed by atoms with Crippen LogP contribution in [-0.2, 0) is 9.59 Å². The lowest BCUT2D eigenvalue weighted by atomic mass is 9.97. The highest BCUT2D eigenvalue weighted by atomic mass is 32.2. The molecule has 0 saturated carbocycles. The van der Waals surface area contributed by atoms with E-state index in [-0.39, 0.29) is 15.4 Å². The number of rotatable bonds is 8. The van der Waals surface area contributed by atoms with Gasteiger partial charge in [-0.15, -0.1) is 23.5 Å². The van der Waals surface area contributed by atoms with Crippen LogP contribution in [0.4, 0.5) is 5.69 Å². The molecule has 0 bridgehead atoms. The normalized spacial score (nSPS) is 17.7. The Labute approximate surface area is 293 Å². The standard InChI is InChI=1S/C27H32N4OS.C12H12O2S/c1-27(2)23(19-21-9-4-6-12-25(21)33-27)26(32)29-13-7-8-14-30-15-17-31(18-16-30)24-11-5-3-10-22(24)20-28;1-12(2)9(11(13)14)7-8-5-3-4-6-10(8)15-12/h3-6,9-12,19H,7-8,13-18H2,1-2H3,(H,29,32);3-7H,1-2H3,(H,13,14). The number of unbranched alkanes of at least 4 members (excludes halogenated alkanes) is 1. The van der Waals surface area contributed by atoms with E-state index in [1.807, 2.05) is 80.6 Å². The van der Waals surface area contributed by atoms with E-state index in [0.717, 1.165) is 78.4 Å². The van der Waals surface area contributed by atoms with Crippen molar-refractivity contribution in [2.24, 2.45) is 0 Å². The molecule has 0 aromatic heterocycles. The predicted molar refractivity (Wildman–Crippen MR) is 198 cm³/mol. The highest BCUT2D eigenvalue weighted by molar-refractivity contribution is 8.01. The Balaban J connectivity index is 0.000000250. The quantitative estimate of drug-likeness (QED) is 0.235. The third-order valence-electron chi connectivity index (χ3n) is 8.86.